The van der Waals surface area contributed by atoms with E-state index in [1.165, 1.54) is 63.5 Å². The van der Waals surface area contributed by atoms with Crippen LogP contribution in [0.4, 0.5) is 0 Å². The molecule has 3 unspecified atom stereocenters. The van der Waals surface area contributed by atoms with Crippen molar-refractivity contribution in [3.63, 3.8) is 0 Å². The summed E-state index contributed by atoms with van der Waals surface area (Å²) in [7, 11) is 4.40. The highest BCUT2D eigenvalue weighted by atomic mass is 15.1. The molecule has 2 aliphatic carbocycles. The van der Waals surface area contributed by atoms with Crippen molar-refractivity contribution in [1.29, 1.82) is 0 Å². The Morgan fingerprint density at radius 1 is 0.793 bits per heavy atom. The molecule has 1 nitrogen and oxygen atoms in total. The van der Waals surface area contributed by atoms with Crippen LogP contribution in [0, 0.1) is 5.92 Å². The molecule has 0 bridgehead atoms. The molecule has 2 aliphatic rings. The Kier molecular flexibility index (Phi) is 6.87. The van der Waals surface area contributed by atoms with Gasteiger partial charge in [0.1, 0.15) is 0 Å². The summed E-state index contributed by atoms with van der Waals surface area (Å²) in [6.07, 6.45) is 15.1. The van der Waals surface area contributed by atoms with Crippen molar-refractivity contribution in [2.75, 3.05) is 20.6 Å². The monoisotopic (exact) mass is 387 g/mol. The van der Waals surface area contributed by atoms with Gasteiger partial charge in [-0.3, -0.25) is 0 Å². The lowest BCUT2D eigenvalue weighted by molar-refractivity contribution is 0.302. The average molecular weight is 388 g/mol. The smallest absolute Gasteiger partial charge is 0.000685 e. The zero-order valence-electron chi connectivity index (χ0n) is 18.3. The maximum Gasteiger partial charge on any atom is 0.000685 e. The molecular formula is C28H37N. The summed E-state index contributed by atoms with van der Waals surface area (Å²) in [5.41, 5.74) is 6.33. The van der Waals surface area contributed by atoms with E-state index in [0.717, 1.165) is 5.92 Å². The van der Waals surface area contributed by atoms with E-state index in [2.05, 4.69) is 79.7 Å². The topological polar surface area (TPSA) is 3.24 Å². The van der Waals surface area contributed by atoms with Crippen molar-refractivity contribution in [3.8, 4) is 0 Å². The Morgan fingerprint density at radius 3 is 2.24 bits per heavy atom. The molecule has 0 saturated carbocycles. The summed E-state index contributed by atoms with van der Waals surface area (Å²) in [5.74, 6) is 2.19. The van der Waals surface area contributed by atoms with Crippen LogP contribution in [0.2, 0.25) is 0 Å². The largest absolute Gasteiger partial charge is 0.309 e. The van der Waals surface area contributed by atoms with Crippen molar-refractivity contribution >= 4 is 0 Å². The predicted octanol–water partition coefficient (Wildman–Crippen LogP) is 6.74. The number of rotatable bonds is 4. The Balaban J connectivity index is 1.42. The minimum Gasteiger partial charge on any atom is -0.309 e. The average Bonchev–Trinajstić information content (AvgIpc) is 2.86. The quantitative estimate of drug-likeness (QED) is 0.525. The van der Waals surface area contributed by atoms with Gasteiger partial charge in [0, 0.05) is 6.54 Å². The van der Waals surface area contributed by atoms with Gasteiger partial charge >= 0.3 is 0 Å². The Bertz CT molecular complexity index is 804. The van der Waals surface area contributed by atoms with E-state index >= 15 is 0 Å². The molecule has 0 spiro atoms. The van der Waals surface area contributed by atoms with Crippen LogP contribution in [0.25, 0.3) is 0 Å². The molecule has 0 saturated heterocycles. The van der Waals surface area contributed by atoms with E-state index in [1.807, 2.05) is 0 Å². The van der Waals surface area contributed by atoms with Crippen LogP contribution in [-0.2, 0) is 12.8 Å². The van der Waals surface area contributed by atoms with Gasteiger partial charge in [-0.25, -0.2) is 0 Å². The molecule has 0 heterocycles. The van der Waals surface area contributed by atoms with Gasteiger partial charge in [0.05, 0.1) is 0 Å². The van der Waals surface area contributed by atoms with E-state index in [-0.39, 0.29) is 0 Å². The van der Waals surface area contributed by atoms with Crippen molar-refractivity contribution in [2.45, 2.75) is 63.2 Å². The molecule has 2 aromatic carbocycles. The van der Waals surface area contributed by atoms with Gasteiger partial charge in [-0.2, -0.15) is 0 Å². The molecule has 0 aliphatic heterocycles. The summed E-state index contributed by atoms with van der Waals surface area (Å²) in [4.78, 5) is 2.34. The number of nitrogens with zero attached hydrogens (tertiary/aromatic N) is 1. The molecule has 0 fully saturated rings. The molecule has 0 aromatic heterocycles. The van der Waals surface area contributed by atoms with Gasteiger partial charge in [0.25, 0.3) is 0 Å². The number of fused-ring (bicyclic) bond motifs is 1. The maximum absolute atomic E-state index is 2.56. The summed E-state index contributed by atoms with van der Waals surface area (Å²) in [6.45, 7) is 1.22. The molecule has 0 amide bonds. The fourth-order valence-corrected chi connectivity index (χ4v) is 5.47. The molecule has 0 N–H and O–H groups in total. The van der Waals surface area contributed by atoms with Crippen LogP contribution in [0.15, 0.2) is 60.7 Å². The first-order chi connectivity index (χ1) is 14.2. The number of hydrogen-bond acceptors (Lipinski definition) is 1. The van der Waals surface area contributed by atoms with Gasteiger partial charge in [-0.1, -0.05) is 67.1 Å². The van der Waals surface area contributed by atoms with Crippen LogP contribution >= 0.6 is 0 Å². The first-order valence-electron chi connectivity index (χ1n) is 11.7. The first kappa shape index (κ1) is 20.4. The second-order valence-corrected chi connectivity index (χ2v) is 9.58. The zero-order chi connectivity index (χ0) is 20.1. The van der Waals surface area contributed by atoms with E-state index in [9.17, 15) is 0 Å². The van der Waals surface area contributed by atoms with Crippen LogP contribution < -0.4 is 0 Å². The Morgan fingerprint density at radius 2 is 1.52 bits per heavy atom. The minimum atomic E-state index is 0.684. The van der Waals surface area contributed by atoms with Gasteiger partial charge in [-0.15, -0.1) is 0 Å². The molecule has 3 atom stereocenters. The molecule has 0 radical (unpaired) electrons. The summed E-state index contributed by atoms with van der Waals surface area (Å²) >= 11 is 0. The number of allylic oxidation sites excluding steroid dienone is 2. The lowest BCUT2D eigenvalue weighted by Crippen LogP contribution is -2.26. The number of aryl methyl sites for hydroxylation is 1. The summed E-state index contributed by atoms with van der Waals surface area (Å²) < 4.78 is 0. The normalized spacial score (nSPS) is 26.2. The highest BCUT2D eigenvalue weighted by Gasteiger charge is 2.21. The second kappa shape index (κ2) is 9.76. The molecular weight excluding hydrogens is 350 g/mol. The van der Waals surface area contributed by atoms with Crippen LogP contribution in [-0.4, -0.2) is 25.5 Å². The Labute approximate surface area is 177 Å². The summed E-state index contributed by atoms with van der Waals surface area (Å²) in [5, 5.41) is 0. The van der Waals surface area contributed by atoms with Gasteiger partial charge < -0.3 is 4.90 Å². The van der Waals surface area contributed by atoms with Crippen molar-refractivity contribution in [1.82, 2.24) is 4.90 Å². The van der Waals surface area contributed by atoms with Gasteiger partial charge in [0.15, 0.2) is 0 Å². The molecule has 154 valence electrons. The lowest BCUT2D eigenvalue weighted by Gasteiger charge is -2.28. The van der Waals surface area contributed by atoms with Crippen LogP contribution in [0.3, 0.4) is 0 Å². The van der Waals surface area contributed by atoms with Crippen molar-refractivity contribution in [2.24, 2.45) is 5.92 Å². The highest BCUT2D eigenvalue weighted by Crippen LogP contribution is 2.35. The van der Waals surface area contributed by atoms with Gasteiger partial charge in [-0.05, 0) is 99.0 Å². The maximum atomic E-state index is 2.56. The number of hydrogen-bond donors (Lipinski definition) is 0. The highest BCUT2D eigenvalue weighted by molar-refractivity contribution is 5.36. The SMILES string of the molecule is CN(C)CC1CCc2cc(C3C/C=C\CC(c4ccccc4)CCC3)ccc2C1. The standard InChI is InChI=1S/C28H37N/c1-29(2)21-22-15-16-28-20-27(18-17-26(28)19-22)25-12-7-6-11-24(13-8-14-25)23-9-4-3-5-10-23/h3-7,9-10,17-18,20,22,24-25H,8,11-16,19,21H2,1-2H3/b7-6-. The third kappa shape index (κ3) is 5.39. The fourth-order valence-electron chi connectivity index (χ4n) is 5.47. The van der Waals surface area contributed by atoms with Crippen molar-refractivity contribution in [3.05, 3.63) is 82.9 Å². The minimum absolute atomic E-state index is 0.684. The molecule has 29 heavy (non-hydrogen) atoms. The molecule has 2 aromatic rings. The Hall–Kier alpha value is -1.86. The van der Waals surface area contributed by atoms with E-state index in [4.69, 9.17) is 0 Å². The van der Waals surface area contributed by atoms with E-state index in [0.29, 0.717) is 11.8 Å². The first-order valence-corrected chi connectivity index (χ1v) is 11.7. The summed E-state index contributed by atoms with van der Waals surface area (Å²) in [6, 6.07) is 18.6. The third-order valence-electron chi connectivity index (χ3n) is 7.04. The number of benzene rings is 2. The van der Waals surface area contributed by atoms with E-state index in [1.54, 1.807) is 16.7 Å². The third-order valence-corrected chi connectivity index (χ3v) is 7.04. The van der Waals surface area contributed by atoms with E-state index < -0.39 is 0 Å². The zero-order valence-corrected chi connectivity index (χ0v) is 18.3. The van der Waals surface area contributed by atoms with Crippen LogP contribution in [0.1, 0.15) is 72.6 Å². The molecule has 1 heteroatoms. The van der Waals surface area contributed by atoms with Crippen LogP contribution in [0.5, 0.6) is 0 Å². The second-order valence-electron chi connectivity index (χ2n) is 9.58. The predicted molar refractivity (Wildman–Crippen MR) is 125 cm³/mol. The fraction of sp³-hybridized carbons (Fsp3) is 0.500. The van der Waals surface area contributed by atoms with Crippen molar-refractivity contribution < 1.29 is 0 Å². The van der Waals surface area contributed by atoms with Gasteiger partial charge in [0.2, 0.25) is 0 Å². The molecule has 4 rings (SSSR count). The lowest BCUT2D eigenvalue weighted by atomic mass is 9.80.